The Morgan fingerprint density at radius 1 is 1.33 bits per heavy atom. The van der Waals surface area contributed by atoms with E-state index in [4.69, 9.17) is 4.74 Å². The zero-order valence-corrected chi connectivity index (χ0v) is 9.11. The molecule has 0 saturated carbocycles. The summed E-state index contributed by atoms with van der Waals surface area (Å²) in [5, 5.41) is 0. The van der Waals surface area contributed by atoms with E-state index in [0.29, 0.717) is 5.56 Å². The number of hydrogen-bond acceptors (Lipinski definition) is 3. The van der Waals surface area contributed by atoms with Crippen molar-refractivity contribution in [3.63, 3.8) is 0 Å². The van der Waals surface area contributed by atoms with Gasteiger partial charge in [0.25, 0.3) is 0 Å². The summed E-state index contributed by atoms with van der Waals surface area (Å²) < 4.78 is 5.33. The van der Waals surface area contributed by atoms with Crippen molar-refractivity contribution in [2.45, 2.75) is 26.9 Å². The molecule has 0 saturated heterocycles. The highest BCUT2D eigenvalue weighted by Gasteiger charge is 2.05. The summed E-state index contributed by atoms with van der Waals surface area (Å²) in [6, 6.07) is 6.05. The summed E-state index contributed by atoms with van der Waals surface area (Å²) in [6.07, 6.45) is -0.0834. The van der Waals surface area contributed by atoms with Crippen LogP contribution < -0.4 is 10.2 Å². The van der Waals surface area contributed by atoms with Gasteiger partial charge in [0.2, 0.25) is 5.43 Å². The van der Waals surface area contributed by atoms with Crippen LogP contribution in [-0.4, -0.2) is 11.9 Å². The second-order valence-corrected chi connectivity index (χ2v) is 3.58. The van der Waals surface area contributed by atoms with Gasteiger partial charge in [0.05, 0.1) is 6.10 Å². The fourth-order valence-electron chi connectivity index (χ4n) is 1.15. The van der Waals surface area contributed by atoms with Gasteiger partial charge < -0.3 is 4.74 Å². The molecule has 0 fully saturated rings. The van der Waals surface area contributed by atoms with E-state index in [1.807, 2.05) is 13.8 Å². The van der Waals surface area contributed by atoms with Gasteiger partial charge in [0, 0.05) is 5.56 Å². The number of Topliss-reactive ketones (excluding diaryl/α,β-unsaturated/α-hetero) is 1. The number of ether oxygens (including phenoxy) is 1. The molecule has 3 nitrogen and oxygen atoms in total. The SMILES string of the molecule is CC(=O)c1cccc(=O)c(OC(C)C)c1. The fourth-order valence-corrected chi connectivity index (χ4v) is 1.15. The molecular formula is C12H14O3. The lowest BCUT2D eigenvalue weighted by Crippen LogP contribution is -2.11. The average Bonchev–Trinajstić information content (AvgIpc) is 2.28. The van der Waals surface area contributed by atoms with Crippen molar-refractivity contribution in [3.05, 3.63) is 40.1 Å². The van der Waals surface area contributed by atoms with Crippen LogP contribution in [0.5, 0.6) is 5.75 Å². The maximum absolute atomic E-state index is 11.5. The summed E-state index contributed by atoms with van der Waals surface area (Å²) in [4.78, 5) is 22.7. The van der Waals surface area contributed by atoms with E-state index in [1.54, 1.807) is 12.1 Å². The van der Waals surface area contributed by atoms with Gasteiger partial charge in [-0.25, -0.2) is 0 Å². The van der Waals surface area contributed by atoms with Crippen LogP contribution in [0.15, 0.2) is 29.1 Å². The zero-order valence-electron chi connectivity index (χ0n) is 9.11. The van der Waals surface area contributed by atoms with Gasteiger partial charge in [-0.1, -0.05) is 12.1 Å². The molecule has 80 valence electrons. The van der Waals surface area contributed by atoms with Crippen LogP contribution in [0.4, 0.5) is 0 Å². The molecule has 0 aliphatic carbocycles. The molecule has 0 atom stereocenters. The van der Waals surface area contributed by atoms with Crippen molar-refractivity contribution >= 4 is 5.78 Å². The summed E-state index contributed by atoms with van der Waals surface area (Å²) in [7, 11) is 0. The molecule has 0 aliphatic heterocycles. The van der Waals surface area contributed by atoms with Gasteiger partial charge in [-0.2, -0.15) is 0 Å². The predicted molar refractivity (Wildman–Crippen MR) is 58.5 cm³/mol. The molecule has 0 bridgehead atoms. The normalized spacial score (nSPS) is 10.1. The first kappa shape index (κ1) is 11.4. The minimum Gasteiger partial charge on any atom is -0.487 e. The van der Waals surface area contributed by atoms with Crippen molar-refractivity contribution in [3.8, 4) is 5.75 Å². The number of ketones is 1. The van der Waals surface area contributed by atoms with Crippen LogP contribution in [-0.2, 0) is 0 Å². The Kier molecular flexibility index (Phi) is 3.61. The molecule has 0 amide bonds. The summed E-state index contributed by atoms with van der Waals surface area (Å²) in [5.74, 6) is 0.138. The average molecular weight is 206 g/mol. The fraction of sp³-hybridized carbons (Fsp3) is 0.333. The van der Waals surface area contributed by atoms with Crippen molar-refractivity contribution in [1.82, 2.24) is 0 Å². The predicted octanol–water partition coefficient (Wildman–Crippen LogP) is 2.04. The van der Waals surface area contributed by atoms with E-state index in [1.165, 1.54) is 19.1 Å². The second-order valence-electron chi connectivity index (χ2n) is 3.58. The van der Waals surface area contributed by atoms with E-state index in [0.717, 1.165) is 0 Å². The van der Waals surface area contributed by atoms with Gasteiger partial charge in [-0.05, 0) is 32.9 Å². The first-order valence-electron chi connectivity index (χ1n) is 4.82. The highest BCUT2D eigenvalue weighted by Crippen LogP contribution is 2.08. The quantitative estimate of drug-likeness (QED) is 0.711. The van der Waals surface area contributed by atoms with E-state index in [-0.39, 0.29) is 23.1 Å². The molecule has 0 radical (unpaired) electrons. The van der Waals surface area contributed by atoms with Crippen molar-refractivity contribution in [2.24, 2.45) is 0 Å². The lowest BCUT2D eigenvalue weighted by atomic mass is 10.2. The first-order chi connectivity index (χ1) is 7.00. The standard InChI is InChI=1S/C12H14O3/c1-8(2)15-12-7-10(9(3)13)5-4-6-11(12)14/h4-8H,1-3H3. The van der Waals surface area contributed by atoms with E-state index < -0.39 is 0 Å². The third-order valence-electron chi connectivity index (χ3n) is 1.82. The topological polar surface area (TPSA) is 43.4 Å². The summed E-state index contributed by atoms with van der Waals surface area (Å²) in [5.41, 5.74) is 0.268. The minimum atomic E-state index is -0.212. The zero-order chi connectivity index (χ0) is 11.4. The molecule has 1 aromatic rings. The molecule has 0 unspecified atom stereocenters. The number of hydrogen-bond donors (Lipinski definition) is 0. The van der Waals surface area contributed by atoms with Gasteiger partial charge >= 0.3 is 0 Å². The summed E-state index contributed by atoms with van der Waals surface area (Å²) >= 11 is 0. The highest BCUT2D eigenvalue weighted by molar-refractivity contribution is 5.94. The van der Waals surface area contributed by atoms with Crippen LogP contribution in [0.25, 0.3) is 0 Å². The van der Waals surface area contributed by atoms with Gasteiger partial charge in [0.15, 0.2) is 11.5 Å². The van der Waals surface area contributed by atoms with Gasteiger partial charge in [0.1, 0.15) is 0 Å². The monoisotopic (exact) mass is 206 g/mol. The molecule has 1 aromatic carbocycles. The van der Waals surface area contributed by atoms with Crippen LogP contribution in [0.2, 0.25) is 0 Å². The lowest BCUT2D eigenvalue weighted by Gasteiger charge is -2.06. The molecule has 3 heteroatoms. The smallest absolute Gasteiger partial charge is 0.220 e. The number of carbonyl (C=O) groups is 1. The molecular weight excluding hydrogens is 192 g/mol. The Hall–Kier alpha value is -1.64. The molecule has 0 N–H and O–H groups in total. The third kappa shape index (κ3) is 3.20. The Morgan fingerprint density at radius 3 is 2.53 bits per heavy atom. The van der Waals surface area contributed by atoms with E-state index in [2.05, 4.69) is 0 Å². The molecule has 1 rings (SSSR count). The van der Waals surface area contributed by atoms with Crippen LogP contribution in [0.3, 0.4) is 0 Å². The second kappa shape index (κ2) is 4.73. The molecule has 0 heterocycles. The molecule has 15 heavy (non-hydrogen) atoms. The lowest BCUT2D eigenvalue weighted by molar-refractivity contribution is 0.101. The largest absolute Gasteiger partial charge is 0.487 e. The van der Waals surface area contributed by atoms with Crippen LogP contribution in [0, 0.1) is 0 Å². The van der Waals surface area contributed by atoms with Crippen molar-refractivity contribution in [2.75, 3.05) is 0 Å². The maximum Gasteiger partial charge on any atom is 0.220 e. The summed E-state index contributed by atoms with van der Waals surface area (Å²) in [6.45, 7) is 5.12. The Labute approximate surface area is 88.7 Å². The van der Waals surface area contributed by atoms with Crippen molar-refractivity contribution in [1.29, 1.82) is 0 Å². The highest BCUT2D eigenvalue weighted by atomic mass is 16.5. The van der Waals surface area contributed by atoms with Gasteiger partial charge in [-0.15, -0.1) is 0 Å². The van der Waals surface area contributed by atoms with Crippen molar-refractivity contribution < 1.29 is 9.53 Å². The molecule has 0 spiro atoms. The first-order valence-corrected chi connectivity index (χ1v) is 4.82. The third-order valence-corrected chi connectivity index (χ3v) is 1.82. The Balaban J connectivity index is 3.25. The van der Waals surface area contributed by atoms with Gasteiger partial charge in [-0.3, -0.25) is 9.59 Å². The Bertz CT molecular complexity index is 422. The number of carbonyl (C=O) groups excluding carboxylic acids is 1. The molecule has 0 aliphatic rings. The van der Waals surface area contributed by atoms with E-state index in [9.17, 15) is 9.59 Å². The van der Waals surface area contributed by atoms with Crippen LogP contribution >= 0.6 is 0 Å². The Morgan fingerprint density at radius 2 is 2.00 bits per heavy atom. The van der Waals surface area contributed by atoms with E-state index >= 15 is 0 Å². The maximum atomic E-state index is 11.5. The number of rotatable bonds is 3. The minimum absolute atomic E-state index is 0.0834. The molecule has 0 aromatic heterocycles. The van der Waals surface area contributed by atoms with Crippen LogP contribution in [0.1, 0.15) is 31.1 Å².